The summed E-state index contributed by atoms with van der Waals surface area (Å²) in [6.07, 6.45) is 1.95. The fourth-order valence-corrected chi connectivity index (χ4v) is 5.65. The molecule has 0 spiro atoms. The van der Waals surface area contributed by atoms with Gasteiger partial charge in [0.25, 0.3) is 10.0 Å². The topological polar surface area (TPSA) is 58.2 Å². The van der Waals surface area contributed by atoms with E-state index in [4.69, 9.17) is 0 Å². The van der Waals surface area contributed by atoms with Gasteiger partial charge in [-0.15, -0.1) is 11.3 Å². The molecule has 0 amide bonds. The predicted molar refractivity (Wildman–Crippen MR) is 112 cm³/mol. The summed E-state index contributed by atoms with van der Waals surface area (Å²) in [4.78, 5) is 0.780. The molecule has 1 aliphatic rings. The highest BCUT2D eigenvalue weighted by atomic mass is 32.2. The van der Waals surface area contributed by atoms with Crippen molar-refractivity contribution in [3.8, 4) is 10.4 Å². The first kappa shape index (κ1) is 19.1. The Labute approximate surface area is 168 Å². The van der Waals surface area contributed by atoms with Crippen molar-refractivity contribution in [1.82, 2.24) is 5.32 Å². The van der Waals surface area contributed by atoms with Crippen LogP contribution in [-0.2, 0) is 23.0 Å². The number of hydrogen-bond donors (Lipinski definition) is 2. The minimum atomic E-state index is -3.68. The number of hydrogen-bond acceptors (Lipinski definition) is 4. The molecular formula is C21H21FN2O2S2. The second kappa shape index (κ2) is 7.66. The number of sulfonamides is 1. The maximum absolute atomic E-state index is 13.1. The quantitative estimate of drug-likeness (QED) is 0.644. The zero-order chi connectivity index (χ0) is 19.7. The highest BCUT2D eigenvalue weighted by Crippen LogP contribution is 2.32. The molecule has 0 saturated carbocycles. The van der Waals surface area contributed by atoms with Gasteiger partial charge in [-0.25, -0.2) is 12.8 Å². The Balaban J connectivity index is 1.56. The zero-order valence-corrected chi connectivity index (χ0v) is 17.0. The highest BCUT2D eigenvalue weighted by Gasteiger charge is 2.19. The van der Waals surface area contributed by atoms with Crippen LogP contribution < -0.4 is 10.0 Å². The summed E-state index contributed by atoms with van der Waals surface area (Å²) in [5, 5.41) is 3.46. The third kappa shape index (κ3) is 4.11. The van der Waals surface area contributed by atoms with Gasteiger partial charge in [0.1, 0.15) is 10.0 Å². The highest BCUT2D eigenvalue weighted by molar-refractivity contribution is 7.94. The van der Waals surface area contributed by atoms with Crippen LogP contribution in [0.5, 0.6) is 0 Å². The van der Waals surface area contributed by atoms with E-state index in [1.165, 1.54) is 34.6 Å². The molecule has 2 aromatic carbocycles. The van der Waals surface area contributed by atoms with Gasteiger partial charge in [0.15, 0.2) is 0 Å². The lowest BCUT2D eigenvalue weighted by atomic mass is 10.0. The summed E-state index contributed by atoms with van der Waals surface area (Å²) >= 11 is 1.17. The first-order valence-electron chi connectivity index (χ1n) is 9.14. The molecule has 2 heterocycles. The van der Waals surface area contributed by atoms with E-state index in [2.05, 4.69) is 17.0 Å². The molecule has 4 rings (SSSR count). The first-order valence-corrected chi connectivity index (χ1v) is 11.4. The number of rotatable bonds is 4. The zero-order valence-electron chi connectivity index (χ0n) is 15.4. The van der Waals surface area contributed by atoms with Crippen molar-refractivity contribution in [3.63, 3.8) is 0 Å². The van der Waals surface area contributed by atoms with Crippen LogP contribution in [0.1, 0.15) is 24.5 Å². The van der Waals surface area contributed by atoms with Crippen molar-refractivity contribution in [2.24, 2.45) is 0 Å². The van der Waals surface area contributed by atoms with Gasteiger partial charge < -0.3 is 5.32 Å². The van der Waals surface area contributed by atoms with E-state index < -0.39 is 10.0 Å². The SMILES string of the molecule is CC1CCc2cc(NS(=O)(=O)c3ccc(-c4ccc(F)cc4)s3)ccc2CN1. The summed E-state index contributed by atoms with van der Waals surface area (Å²) in [5.41, 5.74) is 3.75. The molecule has 146 valence electrons. The number of nitrogens with one attached hydrogen (secondary N) is 2. The van der Waals surface area contributed by atoms with Crippen LogP contribution in [0.15, 0.2) is 58.8 Å². The number of benzene rings is 2. The second-order valence-electron chi connectivity index (χ2n) is 7.04. The fourth-order valence-electron chi connectivity index (χ4n) is 3.29. The lowest BCUT2D eigenvalue weighted by Crippen LogP contribution is -2.23. The average molecular weight is 417 g/mol. The normalized spacial score (nSPS) is 17.0. The Bertz CT molecular complexity index is 1090. The van der Waals surface area contributed by atoms with Crippen molar-refractivity contribution >= 4 is 27.0 Å². The lowest BCUT2D eigenvalue weighted by Gasteiger charge is -2.10. The van der Waals surface area contributed by atoms with Gasteiger partial charge in [-0.3, -0.25) is 4.72 Å². The Morgan fingerprint density at radius 1 is 1.07 bits per heavy atom. The molecule has 7 heteroatoms. The minimum absolute atomic E-state index is 0.233. The van der Waals surface area contributed by atoms with Crippen LogP contribution in [0.4, 0.5) is 10.1 Å². The molecule has 0 radical (unpaired) electrons. The molecule has 28 heavy (non-hydrogen) atoms. The van der Waals surface area contributed by atoms with Crippen molar-refractivity contribution in [2.45, 2.75) is 36.6 Å². The Morgan fingerprint density at radius 3 is 2.64 bits per heavy atom. The number of thiophene rings is 1. The number of anilines is 1. The molecule has 0 fully saturated rings. The maximum Gasteiger partial charge on any atom is 0.271 e. The van der Waals surface area contributed by atoms with Crippen molar-refractivity contribution in [2.75, 3.05) is 4.72 Å². The van der Waals surface area contributed by atoms with Gasteiger partial charge in [0, 0.05) is 23.2 Å². The molecule has 0 bridgehead atoms. The van der Waals surface area contributed by atoms with E-state index in [9.17, 15) is 12.8 Å². The predicted octanol–water partition coefficient (Wildman–Crippen LogP) is 4.78. The monoisotopic (exact) mass is 416 g/mol. The van der Waals surface area contributed by atoms with E-state index in [1.807, 2.05) is 18.2 Å². The first-order chi connectivity index (χ1) is 13.4. The number of aryl methyl sites for hydroxylation is 1. The lowest BCUT2D eigenvalue weighted by molar-refractivity contribution is 0.534. The van der Waals surface area contributed by atoms with Gasteiger partial charge in [0.2, 0.25) is 0 Å². The van der Waals surface area contributed by atoms with Crippen molar-refractivity contribution in [1.29, 1.82) is 0 Å². The third-order valence-electron chi connectivity index (χ3n) is 4.92. The maximum atomic E-state index is 13.1. The van der Waals surface area contributed by atoms with E-state index in [0.29, 0.717) is 11.7 Å². The van der Waals surface area contributed by atoms with Crippen LogP contribution in [-0.4, -0.2) is 14.5 Å². The van der Waals surface area contributed by atoms with Crippen LogP contribution in [0, 0.1) is 5.82 Å². The van der Waals surface area contributed by atoms with Crippen LogP contribution in [0.3, 0.4) is 0 Å². The summed E-state index contributed by atoms with van der Waals surface area (Å²) in [5.74, 6) is -0.317. The van der Waals surface area contributed by atoms with E-state index in [-0.39, 0.29) is 10.0 Å². The minimum Gasteiger partial charge on any atom is -0.310 e. The Hall–Kier alpha value is -2.22. The second-order valence-corrected chi connectivity index (χ2v) is 10.0. The van der Waals surface area contributed by atoms with Gasteiger partial charge in [-0.2, -0.15) is 0 Å². The van der Waals surface area contributed by atoms with Crippen LogP contribution in [0.25, 0.3) is 10.4 Å². The van der Waals surface area contributed by atoms with E-state index in [0.717, 1.165) is 29.8 Å². The number of fused-ring (bicyclic) bond motifs is 1. The molecule has 1 aromatic heterocycles. The summed E-state index contributed by atoms with van der Waals surface area (Å²) < 4.78 is 41.7. The standard InChI is InChI=1S/C21H21FN2O2S2/c1-14-2-3-16-12-19(9-6-17(16)13-23-14)24-28(25,26)21-11-10-20(27-21)15-4-7-18(22)8-5-15/h4-12,14,23-24H,2-3,13H2,1H3. The Morgan fingerprint density at radius 2 is 1.86 bits per heavy atom. The average Bonchev–Trinajstić information content (AvgIpc) is 3.10. The molecular weight excluding hydrogens is 395 g/mol. The largest absolute Gasteiger partial charge is 0.310 e. The molecule has 4 nitrogen and oxygen atoms in total. The van der Waals surface area contributed by atoms with Crippen LogP contribution in [0.2, 0.25) is 0 Å². The van der Waals surface area contributed by atoms with Gasteiger partial charge in [0.05, 0.1) is 0 Å². The molecule has 2 N–H and O–H groups in total. The fraction of sp³-hybridized carbons (Fsp3) is 0.238. The molecule has 0 saturated heterocycles. The van der Waals surface area contributed by atoms with Gasteiger partial charge >= 0.3 is 0 Å². The smallest absolute Gasteiger partial charge is 0.271 e. The van der Waals surface area contributed by atoms with Crippen molar-refractivity contribution in [3.05, 3.63) is 71.5 Å². The molecule has 3 aromatic rings. The third-order valence-corrected chi connectivity index (χ3v) is 7.93. The molecule has 1 atom stereocenters. The molecule has 1 unspecified atom stereocenters. The van der Waals surface area contributed by atoms with Crippen LogP contribution >= 0.6 is 11.3 Å². The van der Waals surface area contributed by atoms with E-state index in [1.54, 1.807) is 24.3 Å². The van der Waals surface area contributed by atoms with Gasteiger partial charge in [-0.1, -0.05) is 18.2 Å². The molecule has 0 aliphatic carbocycles. The summed E-state index contributed by atoms with van der Waals surface area (Å²) in [6, 6.07) is 15.5. The summed E-state index contributed by atoms with van der Waals surface area (Å²) in [7, 11) is -3.68. The summed E-state index contributed by atoms with van der Waals surface area (Å²) in [6.45, 7) is 2.96. The Kier molecular flexibility index (Phi) is 5.23. The van der Waals surface area contributed by atoms with Crippen molar-refractivity contribution < 1.29 is 12.8 Å². The number of halogens is 1. The van der Waals surface area contributed by atoms with E-state index >= 15 is 0 Å². The molecule has 1 aliphatic heterocycles. The van der Waals surface area contributed by atoms with Gasteiger partial charge in [-0.05, 0) is 72.9 Å².